The molecule has 1 N–H and O–H groups in total. The van der Waals surface area contributed by atoms with Crippen LogP contribution in [0.4, 0.5) is 0 Å². The molecule has 142 valence electrons. The molecule has 0 saturated heterocycles. The highest BCUT2D eigenvalue weighted by Gasteiger charge is 2.09. The minimum absolute atomic E-state index is 0.160. The van der Waals surface area contributed by atoms with Gasteiger partial charge in [-0.25, -0.2) is 4.98 Å². The molecule has 4 rings (SSSR count). The van der Waals surface area contributed by atoms with Gasteiger partial charge in [0.1, 0.15) is 5.75 Å². The van der Waals surface area contributed by atoms with Crippen molar-refractivity contribution in [3.8, 4) is 23.0 Å². The molecular formula is C24H19N3O2. The van der Waals surface area contributed by atoms with E-state index in [0.717, 1.165) is 11.1 Å². The molecule has 0 aliphatic rings. The van der Waals surface area contributed by atoms with Crippen LogP contribution < -0.4 is 10.1 Å². The van der Waals surface area contributed by atoms with Crippen LogP contribution in [0.15, 0.2) is 97.2 Å². The number of aromatic nitrogens is 2. The summed E-state index contributed by atoms with van der Waals surface area (Å²) in [7, 11) is 0. The average molecular weight is 381 g/mol. The fourth-order valence-corrected chi connectivity index (χ4v) is 2.83. The normalized spacial score (nSPS) is 10.3. The largest absolute Gasteiger partial charge is 0.439 e. The van der Waals surface area contributed by atoms with Crippen LogP contribution in [0, 0.1) is 0 Å². The van der Waals surface area contributed by atoms with Gasteiger partial charge in [-0.15, -0.1) is 0 Å². The SMILES string of the molecule is O=C(NCc1ccccc1)c1cccc(Oc2ccnc(-c3ccccc3)n2)c1. The fraction of sp³-hybridized carbons (Fsp3) is 0.0417. The lowest BCUT2D eigenvalue weighted by Crippen LogP contribution is -2.22. The van der Waals surface area contributed by atoms with Gasteiger partial charge in [-0.05, 0) is 23.8 Å². The zero-order chi connectivity index (χ0) is 19.9. The van der Waals surface area contributed by atoms with Crippen LogP contribution in [-0.2, 0) is 6.54 Å². The standard InChI is InChI=1S/C24H19N3O2/c28-24(26-17-18-8-3-1-4-9-18)20-12-7-13-21(16-20)29-22-14-15-25-23(27-22)19-10-5-2-6-11-19/h1-16H,17H2,(H,26,28). The first-order valence-corrected chi connectivity index (χ1v) is 9.26. The Bertz CT molecular complexity index is 1100. The number of rotatable bonds is 6. The summed E-state index contributed by atoms with van der Waals surface area (Å²) in [5, 5.41) is 2.92. The Labute approximate surface area is 169 Å². The number of hydrogen-bond donors (Lipinski definition) is 1. The van der Waals surface area contributed by atoms with E-state index in [9.17, 15) is 4.79 Å². The van der Waals surface area contributed by atoms with Crippen molar-refractivity contribution in [2.45, 2.75) is 6.54 Å². The van der Waals surface area contributed by atoms with Gasteiger partial charge < -0.3 is 10.1 Å². The van der Waals surface area contributed by atoms with Crippen molar-refractivity contribution in [3.63, 3.8) is 0 Å². The monoisotopic (exact) mass is 381 g/mol. The molecule has 29 heavy (non-hydrogen) atoms. The van der Waals surface area contributed by atoms with Gasteiger partial charge in [-0.1, -0.05) is 66.7 Å². The summed E-state index contributed by atoms with van der Waals surface area (Å²) < 4.78 is 5.86. The van der Waals surface area contributed by atoms with E-state index in [1.807, 2.05) is 60.7 Å². The van der Waals surface area contributed by atoms with Crippen molar-refractivity contribution in [1.29, 1.82) is 0 Å². The maximum absolute atomic E-state index is 12.5. The molecular weight excluding hydrogens is 362 g/mol. The van der Waals surface area contributed by atoms with Gasteiger partial charge in [0.15, 0.2) is 5.82 Å². The zero-order valence-electron chi connectivity index (χ0n) is 15.7. The van der Waals surface area contributed by atoms with Crippen molar-refractivity contribution in [2.24, 2.45) is 0 Å². The summed E-state index contributed by atoms with van der Waals surface area (Å²) in [6, 6.07) is 28.2. The molecule has 0 saturated carbocycles. The van der Waals surface area contributed by atoms with E-state index in [0.29, 0.717) is 29.6 Å². The van der Waals surface area contributed by atoms with Crippen molar-refractivity contribution >= 4 is 5.91 Å². The van der Waals surface area contributed by atoms with Crippen LogP contribution in [0.2, 0.25) is 0 Å². The third kappa shape index (κ3) is 4.84. The Morgan fingerprint density at radius 1 is 0.862 bits per heavy atom. The fourth-order valence-electron chi connectivity index (χ4n) is 2.83. The second-order valence-electron chi connectivity index (χ2n) is 6.38. The number of amides is 1. The van der Waals surface area contributed by atoms with Crippen LogP contribution >= 0.6 is 0 Å². The number of hydrogen-bond acceptors (Lipinski definition) is 4. The molecule has 1 heterocycles. The Morgan fingerprint density at radius 3 is 2.41 bits per heavy atom. The third-order valence-corrected chi connectivity index (χ3v) is 4.28. The predicted molar refractivity (Wildman–Crippen MR) is 112 cm³/mol. The van der Waals surface area contributed by atoms with Crippen LogP contribution in [0.5, 0.6) is 11.6 Å². The summed E-state index contributed by atoms with van der Waals surface area (Å²) >= 11 is 0. The molecule has 1 aromatic heterocycles. The second-order valence-corrected chi connectivity index (χ2v) is 6.38. The molecule has 0 aliphatic carbocycles. The number of nitrogens with zero attached hydrogens (tertiary/aromatic N) is 2. The van der Waals surface area contributed by atoms with Gasteiger partial charge in [0.25, 0.3) is 5.91 Å². The van der Waals surface area contributed by atoms with Gasteiger partial charge in [-0.2, -0.15) is 4.98 Å². The maximum Gasteiger partial charge on any atom is 0.251 e. The summed E-state index contributed by atoms with van der Waals surface area (Å²) in [6.45, 7) is 0.469. The van der Waals surface area contributed by atoms with Crippen LogP contribution in [0.25, 0.3) is 11.4 Å². The van der Waals surface area contributed by atoms with E-state index in [-0.39, 0.29) is 5.91 Å². The van der Waals surface area contributed by atoms with Gasteiger partial charge >= 0.3 is 0 Å². The Kier molecular flexibility index (Phi) is 5.58. The molecule has 5 nitrogen and oxygen atoms in total. The highest BCUT2D eigenvalue weighted by Crippen LogP contribution is 2.23. The molecule has 0 bridgehead atoms. The summed E-state index contributed by atoms with van der Waals surface area (Å²) in [4.78, 5) is 21.2. The molecule has 0 aliphatic heterocycles. The Morgan fingerprint density at radius 2 is 1.62 bits per heavy atom. The average Bonchev–Trinajstić information content (AvgIpc) is 2.79. The predicted octanol–water partition coefficient (Wildman–Crippen LogP) is 4.87. The molecule has 3 aromatic carbocycles. The first-order valence-electron chi connectivity index (χ1n) is 9.26. The minimum Gasteiger partial charge on any atom is -0.439 e. The van der Waals surface area contributed by atoms with Gasteiger partial charge in [0.05, 0.1) is 0 Å². The van der Waals surface area contributed by atoms with Crippen molar-refractivity contribution < 1.29 is 9.53 Å². The smallest absolute Gasteiger partial charge is 0.251 e. The van der Waals surface area contributed by atoms with E-state index >= 15 is 0 Å². The summed E-state index contributed by atoms with van der Waals surface area (Å²) in [5.74, 6) is 1.38. The van der Waals surface area contributed by atoms with E-state index in [4.69, 9.17) is 4.74 Å². The van der Waals surface area contributed by atoms with Crippen molar-refractivity contribution in [3.05, 3.63) is 108 Å². The third-order valence-electron chi connectivity index (χ3n) is 4.28. The Hall–Kier alpha value is -3.99. The highest BCUT2D eigenvalue weighted by molar-refractivity contribution is 5.94. The number of nitrogens with one attached hydrogen (secondary N) is 1. The molecule has 0 fully saturated rings. The maximum atomic E-state index is 12.5. The first-order chi connectivity index (χ1) is 14.3. The van der Waals surface area contributed by atoms with Gasteiger partial charge in [-0.3, -0.25) is 4.79 Å². The zero-order valence-corrected chi connectivity index (χ0v) is 15.7. The van der Waals surface area contributed by atoms with Crippen LogP contribution in [0.1, 0.15) is 15.9 Å². The number of carbonyl (C=O) groups excluding carboxylic acids is 1. The lowest BCUT2D eigenvalue weighted by atomic mass is 10.2. The summed E-state index contributed by atoms with van der Waals surface area (Å²) in [6.07, 6.45) is 1.65. The Balaban J connectivity index is 1.46. The number of carbonyl (C=O) groups is 1. The number of ether oxygens (including phenoxy) is 1. The first kappa shape index (κ1) is 18.4. The topological polar surface area (TPSA) is 64.1 Å². The molecule has 0 unspecified atom stereocenters. The van der Waals surface area contributed by atoms with Gasteiger partial charge in [0, 0.05) is 29.9 Å². The lowest BCUT2D eigenvalue weighted by molar-refractivity contribution is 0.0950. The highest BCUT2D eigenvalue weighted by atomic mass is 16.5. The quantitative estimate of drug-likeness (QED) is 0.518. The molecule has 0 atom stereocenters. The van der Waals surface area contributed by atoms with Crippen molar-refractivity contribution in [2.75, 3.05) is 0 Å². The van der Waals surface area contributed by atoms with Crippen LogP contribution in [-0.4, -0.2) is 15.9 Å². The van der Waals surface area contributed by atoms with E-state index in [1.165, 1.54) is 0 Å². The second kappa shape index (κ2) is 8.80. The van der Waals surface area contributed by atoms with Gasteiger partial charge in [0.2, 0.25) is 5.88 Å². The van der Waals surface area contributed by atoms with Crippen molar-refractivity contribution in [1.82, 2.24) is 15.3 Å². The van der Waals surface area contributed by atoms with E-state index in [1.54, 1.807) is 36.5 Å². The summed E-state index contributed by atoms with van der Waals surface area (Å²) in [5.41, 5.74) is 2.48. The minimum atomic E-state index is -0.160. The molecule has 4 aromatic rings. The van der Waals surface area contributed by atoms with E-state index in [2.05, 4.69) is 15.3 Å². The van der Waals surface area contributed by atoms with Crippen LogP contribution in [0.3, 0.4) is 0 Å². The molecule has 5 heteroatoms. The van der Waals surface area contributed by atoms with E-state index < -0.39 is 0 Å². The molecule has 1 amide bonds. The molecule has 0 radical (unpaired) electrons. The lowest BCUT2D eigenvalue weighted by Gasteiger charge is -2.09. The number of benzene rings is 3. The molecule has 0 spiro atoms.